The Morgan fingerprint density at radius 2 is 1.39 bits per heavy atom. The van der Waals surface area contributed by atoms with Crippen molar-refractivity contribution in [1.29, 1.82) is 0 Å². The molecule has 31 heavy (non-hydrogen) atoms. The second kappa shape index (κ2) is 11.8. The van der Waals surface area contributed by atoms with Gasteiger partial charge in [-0.3, -0.25) is 9.11 Å². The number of phenolic OH excluding ortho intramolecular Hbond substituents is 1. The number of benzene rings is 2. The molecule has 0 saturated carbocycles. The number of nitrogens with one attached hydrogen (secondary N) is 1. The van der Waals surface area contributed by atoms with Crippen molar-refractivity contribution in [3.63, 3.8) is 0 Å². The van der Waals surface area contributed by atoms with Crippen molar-refractivity contribution in [1.82, 2.24) is 5.32 Å². The highest BCUT2D eigenvalue weighted by atomic mass is 32.2. The van der Waals surface area contributed by atoms with Crippen LogP contribution in [0.5, 0.6) is 5.75 Å². The quantitative estimate of drug-likeness (QED) is 0.409. The molecular formula is C25H39NO4S. The van der Waals surface area contributed by atoms with Gasteiger partial charge in [-0.15, -0.1) is 0 Å². The van der Waals surface area contributed by atoms with E-state index < -0.39 is 11.4 Å². The van der Waals surface area contributed by atoms with Crippen LogP contribution < -0.4 is 5.32 Å². The molecule has 0 spiro atoms. The third-order valence-corrected chi connectivity index (χ3v) is 5.21. The first-order valence-corrected chi connectivity index (χ1v) is 11.8. The van der Waals surface area contributed by atoms with Crippen LogP contribution in [-0.2, 0) is 28.6 Å². The Labute approximate surface area is 190 Å². The van der Waals surface area contributed by atoms with Crippen molar-refractivity contribution < 1.29 is 18.4 Å². The number of hydrogen-bond donors (Lipinski definition) is 4. The molecule has 0 bridgehead atoms. The SMILES string of the molecule is CCC(NCCc1ccccc1)c1cc(C(C)(C)C)c(O)c(C(C)(C)C)c1.O=S(O)O. The molecule has 0 fully saturated rings. The zero-order chi connectivity index (χ0) is 23.8. The molecule has 174 valence electrons. The normalized spacial score (nSPS) is 13.0. The number of rotatable bonds is 6. The van der Waals surface area contributed by atoms with Crippen molar-refractivity contribution in [2.45, 2.75) is 78.2 Å². The van der Waals surface area contributed by atoms with Crippen LogP contribution in [0.15, 0.2) is 42.5 Å². The molecule has 6 heteroatoms. The molecule has 0 aliphatic rings. The lowest BCUT2D eigenvalue weighted by Crippen LogP contribution is -2.25. The molecule has 1 atom stereocenters. The molecule has 0 heterocycles. The fourth-order valence-electron chi connectivity index (χ4n) is 3.53. The maximum absolute atomic E-state index is 10.9. The van der Waals surface area contributed by atoms with Gasteiger partial charge in [-0.2, -0.15) is 4.21 Å². The molecule has 2 aromatic rings. The summed E-state index contributed by atoms with van der Waals surface area (Å²) >= 11 is -2.61. The minimum absolute atomic E-state index is 0.0948. The summed E-state index contributed by atoms with van der Waals surface area (Å²) in [6.07, 6.45) is 2.04. The van der Waals surface area contributed by atoms with Gasteiger partial charge in [0.2, 0.25) is 0 Å². The first kappa shape index (κ1) is 27.3. The van der Waals surface area contributed by atoms with E-state index in [4.69, 9.17) is 13.3 Å². The Morgan fingerprint density at radius 1 is 0.935 bits per heavy atom. The van der Waals surface area contributed by atoms with E-state index in [9.17, 15) is 5.11 Å². The van der Waals surface area contributed by atoms with Gasteiger partial charge in [-0.05, 0) is 64.6 Å². The van der Waals surface area contributed by atoms with E-state index >= 15 is 0 Å². The molecule has 0 aliphatic heterocycles. The van der Waals surface area contributed by atoms with Crippen LogP contribution in [-0.4, -0.2) is 25.0 Å². The molecule has 0 aliphatic carbocycles. The topological polar surface area (TPSA) is 89.8 Å². The maximum Gasteiger partial charge on any atom is 0.299 e. The second-order valence-corrected chi connectivity index (χ2v) is 10.3. The standard InChI is InChI=1S/C25H37NO.H2O3S/c1-8-22(26-15-14-18-12-10-9-11-13-18)19-16-20(24(2,3)4)23(27)21(17-19)25(5,6)7;1-4(2)3/h9-13,16-17,22,26-27H,8,14-15H2,1-7H3;(H2,1,2,3). The average Bonchev–Trinajstić information content (AvgIpc) is 2.64. The predicted octanol–water partition coefficient (Wildman–Crippen LogP) is 5.95. The van der Waals surface area contributed by atoms with Crippen molar-refractivity contribution in [2.24, 2.45) is 0 Å². The highest BCUT2D eigenvalue weighted by Gasteiger charge is 2.27. The zero-order valence-corrected chi connectivity index (χ0v) is 20.7. The van der Waals surface area contributed by atoms with Crippen LogP contribution in [0.3, 0.4) is 0 Å². The van der Waals surface area contributed by atoms with Crippen molar-refractivity contribution in [3.05, 3.63) is 64.7 Å². The van der Waals surface area contributed by atoms with Crippen molar-refractivity contribution in [2.75, 3.05) is 6.54 Å². The van der Waals surface area contributed by atoms with Crippen LogP contribution in [0.2, 0.25) is 0 Å². The Hall–Kier alpha value is -1.73. The summed E-state index contributed by atoms with van der Waals surface area (Å²) in [5.74, 6) is 0.456. The summed E-state index contributed by atoms with van der Waals surface area (Å²) in [6, 6.07) is 15.3. The van der Waals surface area contributed by atoms with Gasteiger partial charge in [0.05, 0.1) is 0 Å². The Morgan fingerprint density at radius 3 is 1.77 bits per heavy atom. The summed E-state index contributed by atoms with van der Waals surface area (Å²) in [4.78, 5) is 0. The molecular weight excluding hydrogens is 410 g/mol. The van der Waals surface area contributed by atoms with Crippen molar-refractivity contribution >= 4 is 11.4 Å². The van der Waals surface area contributed by atoms with E-state index in [0.29, 0.717) is 5.75 Å². The lowest BCUT2D eigenvalue weighted by atomic mass is 9.77. The minimum Gasteiger partial charge on any atom is -0.507 e. The summed E-state index contributed by atoms with van der Waals surface area (Å²) in [6.45, 7) is 16.2. The monoisotopic (exact) mass is 449 g/mol. The number of aromatic hydroxyl groups is 1. The van der Waals surface area contributed by atoms with E-state index in [1.165, 1.54) is 11.1 Å². The molecule has 0 saturated heterocycles. The Balaban J connectivity index is 0.00000110. The summed E-state index contributed by atoms with van der Waals surface area (Å²) < 4.78 is 22.8. The predicted molar refractivity (Wildman–Crippen MR) is 130 cm³/mol. The first-order valence-electron chi connectivity index (χ1n) is 10.7. The van der Waals surface area contributed by atoms with Crippen LogP contribution >= 0.6 is 0 Å². The average molecular weight is 450 g/mol. The van der Waals surface area contributed by atoms with Gasteiger partial charge < -0.3 is 10.4 Å². The van der Waals surface area contributed by atoms with E-state index in [1.54, 1.807) is 0 Å². The van der Waals surface area contributed by atoms with Crippen LogP contribution in [0, 0.1) is 0 Å². The summed E-state index contributed by atoms with van der Waals surface area (Å²) in [5, 5.41) is 14.7. The van der Waals surface area contributed by atoms with Gasteiger partial charge in [-0.1, -0.05) is 78.8 Å². The maximum atomic E-state index is 10.9. The summed E-state index contributed by atoms with van der Waals surface area (Å²) in [7, 11) is 0. The molecule has 1 unspecified atom stereocenters. The second-order valence-electron chi connectivity index (χ2n) is 9.85. The lowest BCUT2D eigenvalue weighted by Gasteiger charge is -2.30. The van der Waals surface area contributed by atoms with E-state index in [2.05, 4.69) is 96.2 Å². The third-order valence-electron chi connectivity index (χ3n) is 5.21. The van der Waals surface area contributed by atoms with Gasteiger partial charge in [0, 0.05) is 6.04 Å². The van der Waals surface area contributed by atoms with Gasteiger partial charge in [0.25, 0.3) is 11.4 Å². The highest BCUT2D eigenvalue weighted by molar-refractivity contribution is 7.73. The van der Waals surface area contributed by atoms with Gasteiger partial charge in [0.15, 0.2) is 0 Å². The number of phenols is 1. The Kier molecular flexibility index (Phi) is 10.4. The first-order chi connectivity index (χ1) is 14.3. The van der Waals surface area contributed by atoms with Crippen LogP contribution in [0.4, 0.5) is 0 Å². The molecule has 0 radical (unpaired) electrons. The molecule has 2 rings (SSSR count). The largest absolute Gasteiger partial charge is 0.507 e. The Bertz CT molecular complexity index is 800. The summed E-state index contributed by atoms with van der Waals surface area (Å²) in [5.41, 5.74) is 4.51. The number of hydrogen-bond acceptors (Lipinski definition) is 3. The van der Waals surface area contributed by atoms with E-state index in [0.717, 1.165) is 30.5 Å². The molecule has 0 aromatic heterocycles. The lowest BCUT2D eigenvalue weighted by molar-refractivity contribution is 0.420. The third kappa shape index (κ3) is 9.11. The molecule has 2 aromatic carbocycles. The molecule has 5 nitrogen and oxygen atoms in total. The fraction of sp³-hybridized carbons (Fsp3) is 0.520. The van der Waals surface area contributed by atoms with Gasteiger partial charge >= 0.3 is 0 Å². The molecule has 0 amide bonds. The van der Waals surface area contributed by atoms with Gasteiger partial charge in [-0.25, -0.2) is 0 Å². The minimum atomic E-state index is -2.61. The zero-order valence-electron chi connectivity index (χ0n) is 19.9. The van der Waals surface area contributed by atoms with Crippen LogP contribution in [0.25, 0.3) is 0 Å². The highest BCUT2D eigenvalue weighted by Crippen LogP contribution is 2.41. The van der Waals surface area contributed by atoms with Crippen molar-refractivity contribution in [3.8, 4) is 5.75 Å². The fourth-order valence-corrected chi connectivity index (χ4v) is 3.53. The molecule has 4 N–H and O–H groups in total. The van der Waals surface area contributed by atoms with Gasteiger partial charge in [0.1, 0.15) is 5.75 Å². The van der Waals surface area contributed by atoms with Crippen LogP contribution in [0.1, 0.15) is 83.2 Å². The smallest absolute Gasteiger partial charge is 0.299 e. The van der Waals surface area contributed by atoms with E-state index in [-0.39, 0.29) is 16.9 Å². The van der Waals surface area contributed by atoms with E-state index in [1.807, 2.05) is 0 Å².